The Kier molecular flexibility index (Phi) is 9.69. The number of benzene rings is 2. The van der Waals surface area contributed by atoms with E-state index in [2.05, 4.69) is 56.0 Å². The van der Waals surface area contributed by atoms with Crippen molar-refractivity contribution in [2.75, 3.05) is 29.9 Å². The van der Waals surface area contributed by atoms with Crippen LogP contribution in [0.4, 0.5) is 10.1 Å². The zero-order valence-corrected chi connectivity index (χ0v) is 32.3. The standard InChI is InChI=1S/C39H46FIN8O2/c1-24-21-47(22-25(2)49(24)23-42)38(46-41-19-29-16-33(26(41)3)39(29,4)5)44-30-10-12-32-35(17-30)45-36(28-8-7-14-43-20-28)48(37(32)50)15-13-27-9-11-31(51-6)18-34(27)40/h7-12,14,17-18,20,24-26,29,33H,13,15-16,19,21-22H2,1-6H3,(H,44,46)/t24-,25+,26-,29-,33+/m0/s1. The number of nitriles is 1. The molecule has 5 atom stereocenters. The van der Waals surface area contributed by atoms with Gasteiger partial charge in [0.05, 0.1) is 7.11 Å². The molecule has 51 heavy (non-hydrogen) atoms. The molecule has 10 nitrogen and oxygen atoms in total. The minimum absolute atomic E-state index is 0.0517. The second-order valence-electron chi connectivity index (χ2n) is 14.8. The number of aromatic nitrogens is 3. The number of anilines is 1. The van der Waals surface area contributed by atoms with Crippen LogP contribution in [0.15, 0.2) is 68.9 Å². The summed E-state index contributed by atoms with van der Waals surface area (Å²) in [6, 6.07) is 14.2. The Labute approximate surface area is 306 Å². The smallest absolute Gasteiger partial charge is 0.130 e. The number of guanidine groups is 1. The monoisotopic (exact) mass is 804 g/mol. The van der Waals surface area contributed by atoms with Gasteiger partial charge in [0.2, 0.25) is 0 Å². The van der Waals surface area contributed by atoms with Gasteiger partial charge < -0.3 is 4.74 Å². The molecule has 0 unspecified atom stereocenters. The number of halogens is 2. The molecule has 0 spiro atoms. The Hall–Kier alpha value is -4.25. The summed E-state index contributed by atoms with van der Waals surface area (Å²) in [4.78, 5) is 27.7. The molecule has 8 rings (SSSR count). The number of methoxy groups -OCH3 is 1. The first kappa shape index (κ1) is 35.2. The maximum atomic E-state index is 14.9. The number of hydrogen-bond donors (Lipinski definition) is 1. The van der Waals surface area contributed by atoms with Crippen molar-refractivity contribution in [3.8, 4) is 23.3 Å². The van der Waals surface area contributed by atoms with E-state index in [4.69, 9.17) is 12.9 Å². The van der Waals surface area contributed by atoms with Gasteiger partial charge in [0.25, 0.3) is 0 Å². The van der Waals surface area contributed by atoms with Crippen LogP contribution in [0.3, 0.4) is 0 Å². The van der Waals surface area contributed by atoms with Gasteiger partial charge in [-0.15, -0.1) is 0 Å². The molecule has 3 saturated heterocycles. The Morgan fingerprint density at radius 3 is 2.59 bits per heavy atom. The number of hydrogen-bond acceptors (Lipinski definition) is 7. The molecule has 3 aliphatic heterocycles. The number of rotatable bonds is 7. The number of nitrogens with zero attached hydrogens (tertiary/aromatic N) is 7. The van der Waals surface area contributed by atoms with E-state index >= 15 is 0 Å². The van der Waals surface area contributed by atoms with E-state index in [1.807, 2.05) is 35.2 Å². The molecular formula is C39H46FIN8O2. The van der Waals surface area contributed by atoms with Crippen molar-refractivity contribution in [1.82, 2.24) is 24.3 Å². The maximum Gasteiger partial charge on any atom is 0.130 e. The van der Waals surface area contributed by atoms with Crippen LogP contribution < -0.4 is 15.6 Å². The Morgan fingerprint density at radius 2 is 1.94 bits per heavy atom. The van der Waals surface area contributed by atoms with E-state index in [0.29, 0.717) is 62.5 Å². The Balaban J connectivity index is 1.24. The van der Waals surface area contributed by atoms with Crippen LogP contribution >= 0.6 is 20.1 Å². The molecule has 4 aromatic rings. The van der Waals surface area contributed by atoms with Gasteiger partial charge in [-0.1, -0.05) is 6.07 Å². The molecule has 1 aliphatic carbocycles. The number of piperazine rings is 1. The molecule has 0 amide bonds. The third-order valence-corrected chi connectivity index (χ3v) is 17.5. The summed E-state index contributed by atoms with van der Waals surface area (Å²) in [5.41, 5.74) is 2.74. The first-order valence-electron chi connectivity index (χ1n) is 17.7. The molecule has 1 saturated carbocycles. The fourth-order valence-corrected chi connectivity index (χ4v) is 15.4. The predicted molar refractivity (Wildman–Crippen MR) is 209 cm³/mol. The molecule has 4 fully saturated rings. The summed E-state index contributed by atoms with van der Waals surface area (Å²) in [7, 11) is 1.50. The quantitative estimate of drug-likeness (QED) is 0.0701. The molecule has 1 N–H and O–H groups in total. The molecule has 2 aromatic carbocycles. The summed E-state index contributed by atoms with van der Waals surface area (Å²) in [6.45, 7) is 13.1. The van der Waals surface area contributed by atoms with Crippen molar-refractivity contribution in [3.63, 3.8) is 0 Å². The molecule has 4 aliphatic rings. The SMILES string of the molecule is COc1ccc(CCn2c(-c3cccnc3)nc3cc(N/C(=N/I4C[C@@H]5C[C@H]([C@@H]4C)C5(C)C)N4C[C@@H](C)N(C#N)[C@@H](C)C4)ccc3c2=O)c(F)c1. The third-order valence-electron chi connectivity index (χ3n) is 11.4. The minimum atomic E-state index is -1.72. The van der Waals surface area contributed by atoms with Crippen LogP contribution in [-0.2, 0) is 13.0 Å². The van der Waals surface area contributed by atoms with E-state index in [1.165, 1.54) is 24.0 Å². The number of alkyl halides is 2. The first-order valence-corrected chi connectivity index (χ1v) is 21.4. The summed E-state index contributed by atoms with van der Waals surface area (Å²) in [5, 5.41) is 14.0. The van der Waals surface area contributed by atoms with Crippen molar-refractivity contribution in [2.45, 2.75) is 70.0 Å². The third kappa shape index (κ3) is 6.65. The van der Waals surface area contributed by atoms with Crippen molar-refractivity contribution in [3.05, 3.63) is 82.7 Å². The molecule has 0 radical (unpaired) electrons. The minimum Gasteiger partial charge on any atom is -0.207 e. The average molecular weight is 805 g/mol. The molecule has 268 valence electrons. The molecule has 2 bridgehead atoms. The van der Waals surface area contributed by atoms with E-state index < -0.39 is 20.1 Å². The van der Waals surface area contributed by atoms with Gasteiger partial charge in [-0.05, 0) is 6.07 Å². The summed E-state index contributed by atoms with van der Waals surface area (Å²) < 4.78 is 29.1. The van der Waals surface area contributed by atoms with Crippen LogP contribution in [0, 0.1) is 34.5 Å². The van der Waals surface area contributed by atoms with Crippen molar-refractivity contribution in [1.29, 1.82) is 5.26 Å². The van der Waals surface area contributed by atoms with Crippen molar-refractivity contribution >= 4 is 42.6 Å². The molecule has 12 heteroatoms. The molecular weight excluding hydrogens is 758 g/mol. The predicted octanol–water partition coefficient (Wildman–Crippen LogP) is 6.98. The van der Waals surface area contributed by atoms with Crippen LogP contribution in [0.5, 0.6) is 5.75 Å². The second-order valence-corrected chi connectivity index (χ2v) is 20.2. The number of pyridine rings is 1. The molecule has 5 heterocycles. The van der Waals surface area contributed by atoms with Gasteiger partial charge in [-0.25, -0.2) is 4.39 Å². The number of aryl methyl sites for hydroxylation is 1. The Bertz CT molecular complexity index is 2050. The summed E-state index contributed by atoms with van der Waals surface area (Å²) >= 11 is -1.72. The largest absolute Gasteiger partial charge is 0.207 e. The Morgan fingerprint density at radius 1 is 1.16 bits per heavy atom. The van der Waals surface area contributed by atoms with Gasteiger partial charge in [0.1, 0.15) is 11.6 Å². The maximum absolute atomic E-state index is 14.9. The number of fused-ring (bicyclic) bond motifs is 3. The van der Waals surface area contributed by atoms with E-state index in [0.717, 1.165) is 23.5 Å². The van der Waals surface area contributed by atoms with E-state index in [1.54, 1.807) is 29.1 Å². The second kappa shape index (κ2) is 14.1. The average Bonchev–Trinajstić information content (AvgIpc) is 3.12. The van der Waals surface area contributed by atoms with Gasteiger partial charge >= 0.3 is 262 Å². The van der Waals surface area contributed by atoms with Crippen LogP contribution in [-0.4, -0.2) is 70.9 Å². The van der Waals surface area contributed by atoms with E-state index in [-0.39, 0.29) is 30.0 Å². The van der Waals surface area contributed by atoms with Gasteiger partial charge in [-0.2, -0.15) is 0 Å². The normalized spacial score (nSPS) is 24.9. The summed E-state index contributed by atoms with van der Waals surface area (Å²) in [6.07, 6.45) is 7.37. The van der Waals surface area contributed by atoms with Gasteiger partial charge in [0.15, 0.2) is 0 Å². The van der Waals surface area contributed by atoms with Gasteiger partial charge in [0, 0.05) is 6.07 Å². The fourth-order valence-electron chi connectivity index (χ4n) is 8.11. The number of ether oxygens (including phenoxy) is 1. The first-order chi connectivity index (χ1) is 24.5. The van der Waals surface area contributed by atoms with Crippen LogP contribution in [0.1, 0.15) is 46.6 Å². The van der Waals surface area contributed by atoms with Crippen molar-refractivity contribution < 1.29 is 9.13 Å². The van der Waals surface area contributed by atoms with E-state index in [9.17, 15) is 14.4 Å². The van der Waals surface area contributed by atoms with Crippen LogP contribution in [0.2, 0.25) is 0 Å². The fraction of sp³-hybridized carbons (Fsp3) is 0.462. The number of nitrogens with one attached hydrogen (secondary N) is 1. The topological polar surface area (TPSA) is 112 Å². The van der Waals surface area contributed by atoms with Gasteiger partial charge in [-0.3, -0.25) is 0 Å². The van der Waals surface area contributed by atoms with Crippen molar-refractivity contribution in [2.24, 2.45) is 20.5 Å². The zero-order valence-electron chi connectivity index (χ0n) is 30.1. The summed E-state index contributed by atoms with van der Waals surface area (Å²) in [5.74, 6) is 2.86. The van der Waals surface area contributed by atoms with Crippen LogP contribution in [0.25, 0.3) is 22.3 Å². The zero-order chi connectivity index (χ0) is 36.0. The molecule has 2 aromatic heterocycles.